The van der Waals surface area contributed by atoms with Gasteiger partial charge >= 0.3 is 6.01 Å². The van der Waals surface area contributed by atoms with E-state index >= 15 is 0 Å². The fourth-order valence-electron chi connectivity index (χ4n) is 7.40. The summed E-state index contributed by atoms with van der Waals surface area (Å²) >= 11 is 6.51. The second-order valence-electron chi connectivity index (χ2n) is 12.6. The number of carbonyl (C=O) groups excluding carboxylic acids is 2. The van der Waals surface area contributed by atoms with Crippen molar-refractivity contribution in [3.05, 3.63) is 51.9 Å². The minimum atomic E-state index is -1.09. The van der Waals surface area contributed by atoms with Gasteiger partial charge in [0.25, 0.3) is 5.91 Å². The number of anilines is 2. The summed E-state index contributed by atoms with van der Waals surface area (Å²) in [4.78, 5) is 41.3. The number of alkyl halides is 1. The lowest BCUT2D eigenvalue weighted by atomic mass is 9.65. The first kappa shape index (κ1) is 31.2. The van der Waals surface area contributed by atoms with E-state index in [0.717, 1.165) is 29.5 Å². The van der Waals surface area contributed by atoms with E-state index in [0.29, 0.717) is 48.0 Å². The zero-order chi connectivity index (χ0) is 32.0. The van der Waals surface area contributed by atoms with Gasteiger partial charge in [-0.2, -0.15) is 15.2 Å². The predicted octanol–water partition coefficient (Wildman–Crippen LogP) is 4.04. The Kier molecular flexibility index (Phi) is 8.43. The zero-order valence-electron chi connectivity index (χ0n) is 25.4. The van der Waals surface area contributed by atoms with Gasteiger partial charge in [0.05, 0.1) is 29.6 Å². The summed E-state index contributed by atoms with van der Waals surface area (Å²) in [6.07, 6.45) is 1.96. The van der Waals surface area contributed by atoms with Crippen LogP contribution in [0.4, 0.5) is 20.3 Å². The molecule has 13 heteroatoms. The summed E-state index contributed by atoms with van der Waals surface area (Å²) in [6, 6.07) is 5.21. The number of aromatic nitrogens is 2. The van der Waals surface area contributed by atoms with Crippen LogP contribution in [-0.2, 0) is 27.8 Å². The lowest BCUT2D eigenvalue weighted by molar-refractivity contribution is -0.131. The number of piperazine rings is 1. The van der Waals surface area contributed by atoms with Crippen LogP contribution in [0.3, 0.4) is 0 Å². The van der Waals surface area contributed by atoms with Crippen LogP contribution in [0.5, 0.6) is 6.01 Å². The number of amides is 2. The number of likely N-dealkylation sites (N-methyl/N-ethyl adjacent to an activating group) is 1. The van der Waals surface area contributed by atoms with Gasteiger partial charge in [-0.3, -0.25) is 14.5 Å². The summed E-state index contributed by atoms with van der Waals surface area (Å²) in [5.41, 5.74) is 3.21. The van der Waals surface area contributed by atoms with E-state index in [-0.39, 0.29) is 50.6 Å². The standard InChI is InChI=1S/C32H36ClF2N7O3/c1-18-11-20(33)12-25-24(18)5-4-7-32(25)14-26-27(38-30(32)44)28(39-31(37-26)45-17-23-13-21(35)15-40(23)3)41-9-10-42(29(43)19(2)34)22(16-41)6-8-36/h11-12,21-23H,2,4-7,9-10,13-17H2,1,3H3,(H,38,44)/t21-,22+,23+,32+/m1/s1. The molecule has 0 radical (unpaired) electrons. The summed E-state index contributed by atoms with van der Waals surface area (Å²) in [5.74, 6) is -1.72. The Morgan fingerprint density at radius 1 is 1.29 bits per heavy atom. The number of aryl methyl sites for hydroxylation is 1. The molecule has 1 aliphatic carbocycles. The van der Waals surface area contributed by atoms with Gasteiger partial charge in [-0.25, -0.2) is 8.78 Å². The Balaban J connectivity index is 1.39. The maximum Gasteiger partial charge on any atom is 0.318 e. The SMILES string of the molecule is C=C(F)C(=O)N1CCN(c2nc(OC[C@@H]3C[C@@H](F)CN3C)nc3c2NC(=O)[C@@]2(CCCc4c(C)cc(Cl)cc42)C3)C[C@@H]1CC#N. The highest BCUT2D eigenvalue weighted by Crippen LogP contribution is 2.48. The Labute approximate surface area is 266 Å². The smallest absolute Gasteiger partial charge is 0.318 e. The van der Waals surface area contributed by atoms with Gasteiger partial charge in [-0.1, -0.05) is 18.2 Å². The molecule has 1 aromatic heterocycles. The maximum absolute atomic E-state index is 14.1. The maximum atomic E-state index is 14.1. The van der Waals surface area contributed by atoms with Crippen LogP contribution >= 0.6 is 11.6 Å². The second-order valence-corrected chi connectivity index (χ2v) is 13.0. The topological polar surface area (TPSA) is 115 Å². The molecule has 6 rings (SSSR count). The molecule has 45 heavy (non-hydrogen) atoms. The van der Waals surface area contributed by atoms with Gasteiger partial charge in [-0.15, -0.1) is 0 Å². The Morgan fingerprint density at radius 2 is 2.09 bits per heavy atom. The highest BCUT2D eigenvalue weighted by Gasteiger charge is 2.49. The van der Waals surface area contributed by atoms with E-state index in [1.807, 2.05) is 35.9 Å². The van der Waals surface area contributed by atoms with Crippen LogP contribution in [0, 0.1) is 18.3 Å². The number of nitriles is 1. The molecule has 3 aliphatic heterocycles. The average Bonchev–Trinajstić information content (AvgIpc) is 3.33. The molecule has 1 spiro atoms. The normalized spacial score (nSPS) is 26.2. The molecule has 10 nitrogen and oxygen atoms in total. The summed E-state index contributed by atoms with van der Waals surface area (Å²) in [7, 11) is 1.85. The number of halogens is 3. The molecule has 2 saturated heterocycles. The first-order chi connectivity index (χ1) is 21.5. The predicted molar refractivity (Wildman–Crippen MR) is 165 cm³/mol. The van der Waals surface area contributed by atoms with Crippen molar-refractivity contribution in [2.24, 2.45) is 0 Å². The van der Waals surface area contributed by atoms with Gasteiger partial charge in [0.1, 0.15) is 18.5 Å². The van der Waals surface area contributed by atoms with Crippen LogP contribution < -0.4 is 15.0 Å². The van der Waals surface area contributed by atoms with E-state index in [2.05, 4.69) is 18.0 Å². The van der Waals surface area contributed by atoms with Crippen molar-refractivity contribution in [1.29, 1.82) is 5.26 Å². The lowest BCUT2D eigenvalue weighted by Crippen LogP contribution is -2.56. The lowest BCUT2D eigenvalue weighted by Gasteiger charge is -2.44. The van der Waals surface area contributed by atoms with Crippen molar-refractivity contribution in [2.45, 2.75) is 69.1 Å². The molecular weight excluding hydrogens is 604 g/mol. The van der Waals surface area contributed by atoms with Crippen LogP contribution in [-0.4, -0.2) is 89.7 Å². The molecule has 0 saturated carbocycles. The molecule has 0 bridgehead atoms. The monoisotopic (exact) mass is 639 g/mol. The first-order valence-electron chi connectivity index (χ1n) is 15.3. The molecule has 1 N–H and O–H groups in total. The van der Waals surface area contributed by atoms with Crippen LogP contribution in [0.25, 0.3) is 0 Å². The third kappa shape index (κ3) is 5.72. The van der Waals surface area contributed by atoms with E-state index < -0.39 is 29.4 Å². The van der Waals surface area contributed by atoms with E-state index in [4.69, 9.17) is 26.3 Å². The van der Waals surface area contributed by atoms with Gasteiger partial charge in [0.2, 0.25) is 5.91 Å². The number of fused-ring (bicyclic) bond motifs is 3. The largest absolute Gasteiger partial charge is 0.462 e. The Bertz CT molecular complexity index is 1600. The number of benzene rings is 1. The Hall–Kier alpha value is -3.82. The summed E-state index contributed by atoms with van der Waals surface area (Å²) < 4.78 is 34.0. The number of likely N-dealkylation sites (tertiary alicyclic amines) is 1. The van der Waals surface area contributed by atoms with Crippen molar-refractivity contribution in [1.82, 2.24) is 19.8 Å². The molecule has 0 unspecified atom stereocenters. The molecule has 4 atom stereocenters. The second kappa shape index (κ2) is 12.2. The van der Waals surface area contributed by atoms with Gasteiger partial charge < -0.3 is 19.9 Å². The van der Waals surface area contributed by atoms with Gasteiger partial charge in [-0.05, 0) is 68.5 Å². The van der Waals surface area contributed by atoms with Gasteiger partial charge in [0, 0.05) is 43.7 Å². The van der Waals surface area contributed by atoms with E-state index in [1.54, 1.807) is 0 Å². The molecule has 2 aromatic rings. The number of ether oxygens (including phenoxy) is 1. The van der Waals surface area contributed by atoms with Crippen LogP contribution in [0.1, 0.15) is 48.1 Å². The van der Waals surface area contributed by atoms with Crippen molar-refractivity contribution in [3.8, 4) is 12.1 Å². The number of hydrogen-bond acceptors (Lipinski definition) is 8. The summed E-state index contributed by atoms with van der Waals surface area (Å²) in [6.45, 7) is 6.21. The fourth-order valence-corrected chi connectivity index (χ4v) is 7.67. The van der Waals surface area contributed by atoms with Crippen LogP contribution in [0.15, 0.2) is 24.5 Å². The number of nitrogens with zero attached hydrogens (tertiary/aromatic N) is 6. The number of hydrogen-bond donors (Lipinski definition) is 1. The highest BCUT2D eigenvalue weighted by atomic mass is 35.5. The first-order valence-corrected chi connectivity index (χ1v) is 15.6. The molecule has 238 valence electrons. The number of rotatable bonds is 6. The zero-order valence-corrected chi connectivity index (χ0v) is 26.2. The fraction of sp³-hybridized carbons (Fsp3) is 0.531. The van der Waals surface area contributed by atoms with Gasteiger partial charge in [0.15, 0.2) is 11.6 Å². The van der Waals surface area contributed by atoms with E-state index in [1.165, 1.54) is 4.90 Å². The minimum absolute atomic E-state index is 0.0308. The number of carbonyl (C=O) groups is 2. The molecular formula is C32H36ClF2N7O3. The van der Waals surface area contributed by atoms with Crippen molar-refractivity contribution < 1.29 is 23.1 Å². The number of nitrogens with one attached hydrogen (secondary N) is 1. The molecule has 2 amide bonds. The quantitative estimate of drug-likeness (QED) is 0.471. The average molecular weight is 640 g/mol. The molecule has 2 fully saturated rings. The third-order valence-corrected chi connectivity index (χ3v) is 9.93. The Morgan fingerprint density at radius 3 is 2.80 bits per heavy atom. The van der Waals surface area contributed by atoms with Crippen molar-refractivity contribution in [3.63, 3.8) is 0 Å². The van der Waals surface area contributed by atoms with Crippen LogP contribution in [0.2, 0.25) is 5.02 Å². The highest BCUT2D eigenvalue weighted by molar-refractivity contribution is 6.30. The third-order valence-electron chi connectivity index (χ3n) is 9.71. The summed E-state index contributed by atoms with van der Waals surface area (Å²) in [5, 5.41) is 13.2. The molecule has 4 aliphatic rings. The van der Waals surface area contributed by atoms with Crippen molar-refractivity contribution in [2.75, 3.05) is 50.1 Å². The minimum Gasteiger partial charge on any atom is -0.462 e. The van der Waals surface area contributed by atoms with Crippen molar-refractivity contribution >= 4 is 34.9 Å². The molecule has 1 aromatic carbocycles. The van der Waals surface area contributed by atoms with E-state index in [9.17, 15) is 23.6 Å². The molecule has 4 heterocycles.